The van der Waals surface area contributed by atoms with Gasteiger partial charge in [-0.1, -0.05) is 0 Å². The highest BCUT2D eigenvalue weighted by Gasteiger charge is 2.66. The van der Waals surface area contributed by atoms with Gasteiger partial charge in [-0.15, -0.1) is 0 Å². The molecule has 3 fully saturated rings. The first kappa shape index (κ1) is 16.8. The Morgan fingerprint density at radius 2 is 2.23 bits per heavy atom. The number of nitrogens with two attached hydrogens (primary N) is 1. The summed E-state index contributed by atoms with van der Waals surface area (Å²) in [5, 5.41) is 11.3. The minimum Gasteiger partial charge on any atom is -0.469 e. The van der Waals surface area contributed by atoms with E-state index in [1.54, 1.807) is 0 Å². The molecule has 142 valence electrons. The number of furan rings is 1. The molecule has 1 heterocycles. The summed E-state index contributed by atoms with van der Waals surface area (Å²) in [7, 11) is 0. The number of ether oxygens (including phenoxy) is 1. The van der Waals surface area contributed by atoms with Crippen LogP contribution in [0.15, 0.2) is 16.7 Å². The molecule has 0 amide bonds. The first-order valence-electron chi connectivity index (χ1n) is 10.1. The molecule has 26 heavy (non-hydrogen) atoms. The van der Waals surface area contributed by atoms with Crippen molar-refractivity contribution in [2.45, 2.75) is 75.3 Å². The van der Waals surface area contributed by atoms with Gasteiger partial charge in [0.2, 0.25) is 0 Å². The van der Waals surface area contributed by atoms with E-state index in [0.29, 0.717) is 11.8 Å². The molecular formula is C21H29NO4. The van der Waals surface area contributed by atoms with E-state index in [9.17, 15) is 9.90 Å². The average Bonchev–Trinajstić information content (AvgIpc) is 3.14. The van der Waals surface area contributed by atoms with Gasteiger partial charge in [0.25, 0.3) is 0 Å². The predicted molar refractivity (Wildman–Crippen MR) is 95.4 cm³/mol. The van der Waals surface area contributed by atoms with Crippen LogP contribution in [0.4, 0.5) is 0 Å². The molecule has 0 radical (unpaired) electrons. The van der Waals surface area contributed by atoms with Gasteiger partial charge in [-0.2, -0.15) is 0 Å². The molecule has 1 aromatic rings. The summed E-state index contributed by atoms with van der Waals surface area (Å²) in [5.74, 6) is 1.84. The van der Waals surface area contributed by atoms with Crippen molar-refractivity contribution in [2.24, 2.45) is 23.0 Å². The van der Waals surface area contributed by atoms with Crippen LogP contribution in [0.25, 0.3) is 0 Å². The molecule has 1 spiro atoms. The van der Waals surface area contributed by atoms with Crippen LogP contribution < -0.4 is 5.73 Å². The second-order valence-electron chi connectivity index (χ2n) is 9.46. The summed E-state index contributed by atoms with van der Waals surface area (Å²) >= 11 is 0. The lowest BCUT2D eigenvalue weighted by molar-refractivity contribution is -0.151. The second-order valence-corrected chi connectivity index (χ2v) is 9.46. The van der Waals surface area contributed by atoms with Crippen LogP contribution in [0, 0.1) is 17.3 Å². The van der Waals surface area contributed by atoms with Crippen LogP contribution in [0.5, 0.6) is 0 Å². The molecule has 4 aliphatic rings. The summed E-state index contributed by atoms with van der Waals surface area (Å²) in [6.07, 6.45) is 9.68. The Kier molecular flexibility index (Phi) is 3.46. The zero-order valence-corrected chi connectivity index (χ0v) is 15.5. The largest absolute Gasteiger partial charge is 0.469 e. The molecule has 3 saturated carbocycles. The molecule has 0 aromatic carbocycles. The third-order valence-corrected chi connectivity index (χ3v) is 8.31. The third kappa shape index (κ3) is 2.13. The van der Waals surface area contributed by atoms with Crippen molar-refractivity contribution in [1.29, 1.82) is 0 Å². The molecule has 0 saturated heterocycles. The Hall–Kier alpha value is -1.33. The van der Waals surface area contributed by atoms with E-state index >= 15 is 0 Å². The number of hydrogen-bond donors (Lipinski definition) is 2. The van der Waals surface area contributed by atoms with Crippen LogP contribution in [0.3, 0.4) is 0 Å². The number of carbonyl (C=O) groups excluding carboxylic acids is 1. The fourth-order valence-corrected chi connectivity index (χ4v) is 7.35. The van der Waals surface area contributed by atoms with Crippen molar-refractivity contribution in [1.82, 2.24) is 0 Å². The van der Waals surface area contributed by atoms with E-state index < -0.39 is 5.60 Å². The normalized spacial score (nSPS) is 46.2. The highest BCUT2D eigenvalue weighted by atomic mass is 16.5. The number of aryl methyl sites for hydroxylation is 1. The number of esters is 1. The summed E-state index contributed by atoms with van der Waals surface area (Å²) in [5.41, 5.74) is 7.52. The van der Waals surface area contributed by atoms with Gasteiger partial charge in [-0.3, -0.25) is 4.79 Å². The van der Waals surface area contributed by atoms with Crippen molar-refractivity contribution < 1.29 is 19.1 Å². The zero-order valence-electron chi connectivity index (χ0n) is 15.5. The third-order valence-electron chi connectivity index (χ3n) is 8.31. The van der Waals surface area contributed by atoms with Crippen LogP contribution in [-0.2, 0) is 16.0 Å². The molecule has 5 heteroatoms. The average molecular weight is 359 g/mol. The highest BCUT2D eigenvalue weighted by Crippen LogP contribution is 2.68. The first-order valence-corrected chi connectivity index (χ1v) is 10.1. The van der Waals surface area contributed by atoms with E-state index in [2.05, 4.69) is 6.07 Å². The lowest BCUT2D eigenvalue weighted by Crippen LogP contribution is -2.62. The Bertz CT molecular complexity index is 744. The molecule has 1 aromatic heterocycles. The van der Waals surface area contributed by atoms with E-state index in [1.165, 1.54) is 12.5 Å². The number of rotatable bonds is 2. The molecule has 0 unspecified atom stereocenters. The van der Waals surface area contributed by atoms with Gasteiger partial charge in [0.1, 0.15) is 18.0 Å². The fraction of sp³-hybridized carbons (Fsp3) is 0.762. The van der Waals surface area contributed by atoms with Gasteiger partial charge in [-0.25, -0.2) is 0 Å². The summed E-state index contributed by atoms with van der Waals surface area (Å²) in [6.45, 7) is 1.55. The van der Waals surface area contributed by atoms with Crippen molar-refractivity contribution in [3.8, 4) is 0 Å². The first-order chi connectivity index (χ1) is 12.4. The molecule has 0 aliphatic heterocycles. The number of carbonyl (C=O) groups is 1. The highest BCUT2D eigenvalue weighted by molar-refractivity contribution is 5.66. The maximum atomic E-state index is 11.3. The van der Waals surface area contributed by atoms with Crippen molar-refractivity contribution in [3.05, 3.63) is 23.7 Å². The van der Waals surface area contributed by atoms with E-state index in [-0.39, 0.29) is 29.4 Å². The lowest BCUT2D eigenvalue weighted by atomic mass is 9.48. The van der Waals surface area contributed by atoms with Gasteiger partial charge in [0, 0.05) is 24.8 Å². The minimum absolute atomic E-state index is 0.101. The molecule has 4 aliphatic carbocycles. The summed E-state index contributed by atoms with van der Waals surface area (Å²) in [4.78, 5) is 11.3. The standard InChI is InChI=1S/C21H29NO4/c1-13(23)26-12-20(24)11-19-7-4-16-15-6-9-25-17(15)5-8-21(16,22)18(19)3-2-14(20)10-19/h6,9,14,16,18,24H,2-5,7-8,10-12,22H2,1H3/t14-,16+,18+,19+,20-,21-/m0/s1. The van der Waals surface area contributed by atoms with Crippen LogP contribution in [0.2, 0.25) is 0 Å². The number of hydrogen-bond acceptors (Lipinski definition) is 5. The van der Waals surface area contributed by atoms with Crippen molar-refractivity contribution in [2.75, 3.05) is 6.61 Å². The Labute approximate surface area is 154 Å². The zero-order chi connectivity index (χ0) is 18.2. The quantitative estimate of drug-likeness (QED) is 0.793. The van der Waals surface area contributed by atoms with E-state index in [0.717, 1.165) is 57.1 Å². The molecule has 3 N–H and O–H groups in total. The second kappa shape index (κ2) is 5.35. The van der Waals surface area contributed by atoms with Gasteiger partial charge >= 0.3 is 5.97 Å². The molecular weight excluding hydrogens is 330 g/mol. The predicted octanol–water partition coefficient (Wildman–Crippen LogP) is 2.90. The molecule has 6 atom stereocenters. The van der Waals surface area contributed by atoms with Crippen molar-refractivity contribution in [3.63, 3.8) is 0 Å². The van der Waals surface area contributed by atoms with E-state index in [1.807, 2.05) is 6.26 Å². The summed E-state index contributed by atoms with van der Waals surface area (Å²) < 4.78 is 10.9. The fourth-order valence-electron chi connectivity index (χ4n) is 7.35. The molecule has 5 rings (SSSR count). The molecule has 5 nitrogen and oxygen atoms in total. The number of fused-ring (bicyclic) bond motifs is 5. The van der Waals surface area contributed by atoms with Gasteiger partial charge in [0.15, 0.2) is 0 Å². The Morgan fingerprint density at radius 3 is 3.04 bits per heavy atom. The van der Waals surface area contributed by atoms with Crippen LogP contribution >= 0.6 is 0 Å². The monoisotopic (exact) mass is 359 g/mol. The van der Waals surface area contributed by atoms with Crippen LogP contribution in [-0.4, -0.2) is 28.8 Å². The Balaban J connectivity index is 1.47. The van der Waals surface area contributed by atoms with E-state index in [4.69, 9.17) is 14.9 Å². The van der Waals surface area contributed by atoms with Gasteiger partial charge < -0.3 is 20.0 Å². The van der Waals surface area contributed by atoms with Gasteiger partial charge in [-0.05, 0) is 73.8 Å². The topological polar surface area (TPSA) is 85.7 Å². The van der Waals surface area contributed by atoms with Gasteiger partial charge in [0.05, 0.1) is 6.26 Å². The van der Waals surface area contributed by atoms with Crippen LogP contribution in [0.1, 0.15) is 69.1 Å². The Morgan fingerprint density at radius 1 is 1.38 bits per heavy atom. The SMILES string of the molecule is CC(=O)OC[C@@]1(O)C[C@]23CC[C@@H]4c5ccoc5CC[C@@]4(N)[C@@H]2CC[C@H]1C3. The smallest absolute Gasteiger partial charge is 0.302 e. The minimum atomic E-state index is -0.876. The molecule has 2 bridgehead atoms. The lowest BCUT2D eigenvalue weighted by Gasteiger charge is -2.59. The van der Waals surface area contributed by atoms with Crippen molar-refractivity contribution >= 4 is 5.97 Å². The maximum absolute atomic E-state index is 11.3. The maximum Gasteiger partial charge on any atom is 0.302 e. The number of aliphatic hydroxyl groups is 1. The summed E-state index contributed by atoms with van der Waals surface area (Å²) in [6, 6.07) is 2.12.